The topological polar surface area (TPSA) is 12.9 Å². The predicted octanol–water partition coefficient (Wildman–Crippen LogP) is 2.08. The van der Waals surface area contributed by atoms with Gasteiger partial charge >= 0.3 is 0 Å². The summed E-state index contributed by atoms with van der Waals surface area (Å²) in [6, 6.07) is 2.02. The average molecular weight is 134 g/mol. The lowest BCUT2D eigenvalue weighted by Crippen LogP contribution is -1.93. The molecule has 0 aromatic carbocycles. The molecule has 1 heteroatoms. The van der Waals surface area contributed by atoms with Crippen LogP contribution in [0, 0.1) is 20.8 Å². The number of hydrogen-bond donors (Lipinski definition) is 0. The first-order valence-corrected chi connectivity index (χ1v) is 3.46. The highest BCUT2D eigenvalue weighted by atomic mass is 14.7. The minimum Gasteiger partial charge on any atom is -0.261 e. The Balaban J connectivity index is 3.14. The zero-order chi connectivity index (χ0) is 7.56. The van der Waals surface area contributed by atoms with E-state index in [0.717, 1.165) is 12.1 Å². The quantitative estimate of drug-likeness (QED) is 0.573. The number of aromatic nitrogens is 1. The van der Waals surface area contributed by atoms with Gasteiger partial charge in [-0.25, -0.2) is 0 Å². The predicted molar refractivity (Wildman–Crippen MR) is 42.8 cm³/mol. The molecular formula is C9H12N. The first kappa shape index (κ1) is 7.26. The molecule has 1 rings (SSSR count). The van der Waals surface area contributed by atoms with Gasteiger partial charge < -0.3 is 0 Å². The van der Waals surface area contributed by atoms with Gasteiger partial charge in [0.1, 0.15) is 0 Å². The smallest absolute Gasteiger partial charge is 0.0435 e. The first-order valence-electron chi connectivity index (χ1n) is 3.46. The summed E-state index contributed by atoms with van der Waals surface area (Å²) < 4.78 is 0. The van der Waals surface area contributed by atoms with Gasteiger partial charge in [0.15, 0.2) is 0 Å². The minimum absolute atomic E-state index is 0.785. The van der Waals surface area contributed by atoms with Gasteiger partial charge in [0.25, 0.3) is 0 Å². The molecule has 0 saturated carbocycles. The van der Waals surface area contributed by atoms with E-state index in [-0.39, 0.29) is 0 Å². The van der Waals surface area contributed by atoms with Gasteiger partial charge in [-0.1, -0.05) is 0 Å². The summed E-state index contributed by atoms with van der Waals surface area (Å²) in [5, 5.41) is 0. The second kappa shape index (κ2) is 2.82. The van der Waals surface area contributed by atoms with Crippen LogP contribution in [0.3, 0.4) is 0 Å². The Labute approximate surface area is 62.1 Å². The van der Waals surface area contributed by atoms with Crippen LogP contribution >= 0.6 is 0 Å². The SMILES string of the molecule is [CH2]Cc1nccc(C)c1C. The zero-order valence-electron chi connectivity index (χ0n) is 6.52. The van der Waals surface area contributed by atoms with Gasteiger partial charge in [-0.05, 0) is 44.4 Å². The van der Waals surface area contributed by atoms with E-state index in [9.17, 15) is 0 Å². The van der Waals surface area contributed by atoms with Crippen molar-refractivity contribution < 1.29 is 0 Å². The Morgan fingerprint density at radius 1 is 1.50 bits per heavy atom. The fourth-order valence-electron chi connectivity index (χ4n) is 0.941. The minimum atomic E-state index is 0.785. The molecule has 10 heavy (non-hydrogen) atoms. The van der Waals surface area contributed by atoms with Gasteiger partial charge in [-0.3, -0.25) is 4.98 Å². The van der Waals surface area contributed by atoms with Crippen LogP contribution in [0.2, 0.25) is 0 Å². The van der Waals surface area contributed by atoms with Crippen molar-refractivity contribution in [3.05, 3.63) is 36.0 Å². The lowest BCUT2D eigenvalue weighted by molar-refractivity contribution is 1.05. The fraction of sp³-hybridized carbons (Fsp3) is 0.333. The lowest BCUT2D eigenvalue weighted by Gasteiger charge is -2.02. The molecule has 0 aliphatic carbocycles. The van der Waals surface area contributed by atoms with Gasteiger partial charge in [0.05, 0.1) is 0 Å². The molecular weight excluding hydrogens is 122 g/mol. The highest BCUT2D eigenvalue weighted by Crippen LogP contribution is 2.09. The molecule has 1 aromatic heterocycles. The van der Waals surface area contributed by atoms with E-state index < -0.39 is 0 Å². The van der Waals surface area contributed by atoms with Crippen molar-refractivity contribution in [1.29, 1.82) is 0 Å². The number of rotatable bonds is 1. The van der Waals surface area contributed by atoms with E-state index in [4.69, 9.17) is 0 Å². The average Bonchev–Trinajstić information content (AvgIpc) is 1.95. The van der Waals surface area contributed by atoms with Crippen molar-refractivity contribution in [3.63, 3.8) is 0 Å². The Bertz CT molecular complexity index is 228. The van der Waals surface area contributed by atoms with E-state index in [1.807, 2.05) is 12.3 Å². The molecule has 0 saturated heterocycles. The summed E-state index contributed by atoms with van der Waals surface area (Å²) in [5.41, 5.74) is 3.69. The van der Waals surface area contributed by atoms with E-state index in [0.29, 0.717) is 0 Å². The van der Waals surface area contributed by atoms with E-state index in [1.165, 1.54) is 11.1 Å². The third-order valence-electron chi connectivity index (χ3n) is 1.82. The van der Waals surface area contributed by atoms with E-state index in [2.05, 4.69) is 25.8 Å². The highest BCUT2D eigenvalue weighted by molar-refractivity contribution is 5.27. The maximum atomic E-state index is 4.20. The molecule has 0 aliphatic rings. The van der Waals surface area contributed by atoms with Crippen molar-refractivity contribution in [1.82, 2.24) is 4.98 Å². The molecule has 0 amide bonds. The molecule has 0 bridgehead atoms. The van der Waals surface area contributed by atoms with Crippen LogP contribution in [0.4, 0.5) is 0 Å². The van der Waals surface area contributed by atoms with Crippen LogP contribution in [0.25, 0.3) is 0 Å². The fourth-order valence-corrected chi connectivity index (χ4v) is 0.941. The van der Waals surface area contributed by atoms with Crippen LogP contribution in [-0.4, -0.2) is 4.98 Å². The van der Waals surface area contributed by atoms with Crippen LogP contribution in [0.5, 0.6) is 0 Å². The largest absolute Gasteiger partial charge is 0.261 e. The van der Waals surface area contributed by atoms with Crippen molar-refractivity contribution in [2.45, 2.75) is 20.3 Å². The Hall–Kier alpha value is -0.850. The second-order valence-electron chi connectivity index (χ2n) is 2.45. The standard InChI is InChI=1S/C9H12N/c1-4-9-8(3)7(2)5-6-10-9/h5-6H,1,4H2,2-3H3. The van der Waals surface area contributed by atoms with Crippen molar-refractivity contribution >= 4 is 0 Å². The maximum absolute atomic E-state index is 4.20. The van der Waals surface area contributed by atoms with Gasteiger partial charge in [-0.15, -0.1) is 0 Å². The highest BCUT2D eigenvalue weighted by Gasteiger charge is 1.97. The van der Waals surface area contributed by atoms with Crippen LogP contribution < -0.4 is 0 Å². The number of pyridine rings is 1. The summed E-state index contributed by atoms with van der Waals surface area (Å²) >= 11 is 0. The molecule has 1 aromatic rings. The molecule has 0 atom stereocenters. The monoisotopic (exact) mass is 134 g/mol. The Morgan fingerprint density at radius 2 is 2.20 bits per heavy atom. The molecule has 0 N–H and O–H groups in total. The number of hydrogen-bond acceptors (Lipinski definition) is 1. The summed E-state index contributed by atoms with van der Waals surface area (Å²) in [5.74, 6) is 0. The van der Waals surface area contributed by atoms with Gasteiger partial charge in [0.2, 0.25) is 0 Å². The third kappa shape index (κ3) is 1.18. The summed E-state index contributed by atoms with van der Waals surface area (Å²) in [7, 11) is 0. The van der Waals surface area contributed by atoms with Gasteiger partial charge in [-0.2, -0.15) is 0 Å². The molecule has 53 valence electrons. The van der Waals surface area contributed by atoms with Crippen LogP contribution in [0.1, 0.15) is 16.8 Å². The summed E-state index contributed by atoms with van der Waals surface area (Å²) in [6.07, 6.45) is 2.62. The first-order chi connectivity index (χ1) is 4.75. The Morgan fingerprint density at radius 3 is 2.70 bits per heavy atom. The van der Waals surface area contributed by atoms with Crippen molar-refractivity contribution in [2.24, 2.45) is 0 Å². The lowest BCUT2D eigenvalue weighted by atomic mass is 10.1. The van der Waals surface area contributed by atoms with E-state index in [1.54, 1.807) is 0 Å². The van der Waals surface area contributed by atoms with Crippen LogP contribution in [0.15, 0.2) is 12.3 Å². The normalized spacial score (nSPS) is 9.90. The number of nitrogens with zero attached hydrogens (tertiary/aromatic N) is 1. The molecule has 1 radical (unpaired) electrons. The van der Waals surface area contributed by atoms with E-state index >= 15 is 0 Å². The van der Waals surface area contributed by atoms with Crippen molar-refractivity contribution in [3.8, 4) is 0 Å². The maximum Gasteiger partial charge on any atom is 0.0435 e. The molecule has 1 heterocycles. The summed E-state index contributed by atoms with van der Waals surface area (Å²) in [4.78, 5) is 4.20. The molecule has 0 spiro atoms. The molecule has 0 unspecified atom stereocenters. The Kier molecular flexibility index (Phi) is 2.05. The molecule has 1 nitrogen and oxygen atoms in total. The van der Waals surface area contributed by atoms with Crippen molar-refractivity contribution in [2.75, 3.05) is 0 Å². The van der Waals surface area contributed by atoms with Crippen LogP contribution in [-0.2, 0) is 6.42 Å². The van der Waals surface area contributed by atoms with Gasteiger partial charge in [0, 0.05) is 11.9 Å². The molecule has 0 aliphatic heterocycles. The zero-order valence-corrected chi connectivity index (χ0v) is 6.52. The third-order valence-corrected chi connectivity index (χ3v) is 1.82. The summed E-state index contributed by atoms with van der Waals surface area (Å²) in [6.45, 7) is 7.97. The number of aryl methyl sites for hydroxylation is 1. The molecule has 0 fully saturated rings. The second-order valence-corrected chi connectivity index (χ2v) is 2.45.